The summed E-state index contributed by atoms with van der Waals surface area (Å²) in [5.74, 6) is -1.16. The van der Waals surface area contributed by atoms with E-state index in [-0.39, 0.29) is 24.1 Å². The molecule has 0 saturated carbocycles. The molecule has 8 nitrogen and oxygen atoms in total. The van der Waals surface area contributed by atoms with Crippen molar-refractivity contribution in [1.82, 2.24) is 9.80 Å². The summed E-state index contributed by atoms with van der Waals surface area (Å²) in [4.78, 5) is 39.6. The van der Waals surface area contributed by atoms with E-state index >= 15 is 0 Å². The molecule has 3 amide bonds. The maximum absolute atomic E-state index is 12.8. The van der Waals surface area contributed by atoms with Crippen LogP contribution in [-0.4, -0.2) is 59.0 Å². The number of carbonyl (C=O) groups is 3. The van der Waals surface area contributed by atoms with Crippen LogP contribution in [0, 0.1) is 13.8 Å². The molecule has 0 aliphatic carbocycles. The van der Waals surface area contributed by atoms with Gasteiger partial charge in [0, 0.05) is 37.4 Å². The van der Waals surface area contributed by atoms with Crippen LogP contribution in [0.2, 0.25) is 0 Å². The first kappa shape index (κ1) is 19.5. The smallest absolute Gasteiger partial charge is 0.321 e. The molecule has 1 fully saturated rings. The molecule has 3 rings (SSSR count). The minimum Gasteiger partial charge on any atom is -0.481 e. The fourth-order valence-corrected chi connectivity index (χ4v) is 3.25. The van der Waals surface area contributed by atoms with E-state index < -0.39 is 5.97 Å². The molecule has 0 atom stereocenters. The molecule has 0 bridgehead atoms. The summed E-state index contributed by atoms with van der Waals surface area (Å²) in [6.07, 6.45) is 1.06. The molecule has 28 heavy (non-hydrogen) atoms. The molecule has 2 heterocycles. The molecular formula is C20H23N3O5. The number of nitrogens with one attached hydrogen (secondary N) is 1. The number of hydrogen-bond donors (Lipinski definition) is 2. The molecule has 148 valence electrons. The zero-order valence-corrected chi connectivity index (χ0v) is 15.9. The van der Waals surface area contributed by atoms with Crippen molar-refractivity contribution >= 4 is 23.6 Å². The monoisotopic (exact) mass is 385 g/mol. The lowest BCUT2D eigenvalue weighted by molar-refractivity contribution is -0.136. The summed E-state index contributed by atoms with van der Waals surface area (Å²) >= 11 is 0. The molecule has 1 aliphatic rings. The van der Waals surface area contributed by atoms with E-state index in [1.165, 1.54) is 6.26 Å². The second-order valence-electron chi connectivity index (χ2n) is 6.87. The highest BCUT2D eigenvalue weighted by Gasteiger charge is 2.29. The number of hydrogen-bond acceptors (Lipinski definition) is 4. The minimum absolute atomic E-state index is 0.162. The van der Waals surface area contributed by atoms with Gasteiger partial charge in [-0.1, -0.05) is 12.1 Å². The predicted molar refractivity (Wildman–Crippen MR) is 102 cm³/mol. The van der Waals surface area contributed by atoms with Gasteiger partial charge in [-0.3, -0.25) is 9.59 Å². The fourth-order valence-electron chi connectivity index (χ4n) is 3.25. The number of nitrogens with zero attached hydrogens (tertiary/aromatic N) is 2. The Morgan fingerprint density at radius 1 is 1.11 bits per heavy atom. The van der Waals surface area contributed by atoms with E-state index in [1.807, 2.05) is 31.2 Å². The van der Waals surface area contributed by atoms with Crippen LogP contribution in [-0.2, 0) is 11.2 Å². The average Bonchev–Trinajstić information content (AvgIpc) is 3.00. The third kappa shape index (κ3) is 4.33. The van der Waals surface area contributed by atoms with Crippen LogP contribution in [0.15, 0.2) is 34.9 Å². The fraction of sp³-hybridized carbons (Fsp3) is 0.350. The molecule has 1 saturated heterocycles. The summed E-state index contributed by atoms with van der Waals surface area (Å²) in [6, 6.07) is 7.35. The normalized spacial score (nSPS) is 14.1. The molecule has 1 aromatic carbocycles. The quantitative estimate of drug-likeness (QED) is 0.842. The minimum atomic E-state index is -1.05. The van der Waals surface area contributed by atoms with E-state index in [9.17, 15) is 14.4 Å². The molecule has 1 aromatic heterocycles. The zero-order chi connectivity index (χ0) is 20.3. The Kier molecular flexibility index (Phi) is 5.67. The molecule has 0 radical (unpaired) electrons. The highest BCUT2D eigenvalue weighted by atomic mass is 16.4. The molecule has 1 aliphatic heterocycles. The molecule has 2 N–H and O–H groups in total. The van der Waals surface area contributed by atoms with Gasteiger partial charge in [0.05, 0.1) is 11.8 Å². The third-order valence-corrected chi connectivity index (χ3v) is 4.70. The lowest BCUT2D eigenvalue weighted by Crippen LogP contribution is -2.51. The van der Waals surface area contributed by atoms with Gasteiger partial charge in [-0.25, -0.2) is 4.79 Å². The third-order valence-electron chi connectivity index (χ3n) is 4.70. The van der Waals surface area contributed by atoms with E-state index in [1.54, 1.807) is 16.7 Å². The summed E-state index contributed by atoms with van der Waals surface area (Å²) in [7, 11) is 0. The first-order valence-electron chi connectivity index (χ1n) is 9.06. The number of anilines is 1. The first-order valence-corrected chi connectivity index (χ1v) is 9.06. The second kappa shape index (κ2) is 8.16. The Morgan fingerprint density at radius 3 is 2.43 bits per heavy atom. The topological polar surface area (TPSA) is 103 Å². The number of piperazine rings is 1. The van der Waals surface area contributed by atoms with Crippen LogP contribution in [0.3, 0.4) is 0 Å². The molecule has 2 aromatic rings. The number of amides is 3. The standard InChI is InChI=1S/C20H23N3O5/c1-13-4-3-5-15(10-13)21-20(27)23-8-6-22(7-9-23)19(26)18-14(2)12-28-16(18)11-17(24)25/h3-5,10,12H,6-9,11H2,1-2H3,(H,21,27)(H,24,25). The highest BCUT2D eigenvalue weighted by molar-refractivity contribution is 5.97. The molecule has 0 unspecified atom stereocenters. The number of carboxylic acid groups (broad SMARTS) is 1. The maximum Gasteiger partial charge on any atom is 0.321 e. The van der Waals surface area contributed by atoms with Gasteiger partial charge >= 0.3 is 12.0 Å². The maximum atomic E-state index is 12.8. The summed E-state index contributed by atoms with van der Waals surface area (Å²) in [5, 5.41) is 11.9. The van der Waals surface area contributed by atoms with Gasteiger partial charge < -0.3 is 24.6 Å². The van der Waals surface area contributed by atoms with Crippen molar-refractivity contribution in [2.75, 3.05) is 31.5 Å². The van der Waals surface area contributed by atoms with Crippen LogP contribution in [0.25, 0.3) is 0 Å². The van der Waals surface area contributed by atoms with E-state index in [0.29, 0.717) is 37.3 Å². The lowest BCUT2D eigenvalue weighted by atomic mass is 10.1. The van der Waals surface area contributed by atoms with Crippen molar-refractivity contribution in [3.63, 3.8) is 0 Å². The number of urea groups is 1. The number of carboxylic acids is 1. The van der Waals surface area contributed by atoms with E-state index in [0.717, 1.165) is 11.3 Å². The SMILES string of the molecule is Cc1cccc(NC(=O)N2CCN(C(=O)c3c(C)coc3CC(=O)O)CC2)c1. The zero-order valence-electron chi connectivity index (χ0n) is 15.9. The Bertz CT molecular complexity index is 897. The molecular weight excluding hydrogens is 362 g/mol. The van der Waals surface area contributed by atoms with Crippen molar-refractivity contribution in [3.8, 4) is 0 Å². The number of rotatable bonds is 4. The van der Waals surface area contributed by atoms with Crippen LogP contribution >= 0.6 is 0 Å². The van der Waals surface area contributed by atoms with Gasteiger partial charge in [-0.2, -0.15) is 0 Å². The Hall–Kier alpha value is -3.29. The van der Waals surface area contributed by atoms with E-state index in [4.69, 9.17) is 9.52 Å². The van der Waals surface area contributed by atoms with Crippen molar-refractivity contribution in [1.29, 1.82) is 0 Å². The van der Waals surface area contributed by atoms with Gasteiger partial charge in [0.25, 0.3) is 5.91 Å². The van der Waals surface area contributed by atoms with Gasteiger partial charge in [0.2, 0.25) is 0 Å². The van der Waals surface area contributed by atoms with Gasteiger partial charge in [-0.05, 0) is 31.5 Å². The summed E-state index contributed by atoms with van der Waals surface area (Å²) < 4.78 is 5.25. The van der Waals surface area contributed by atoms with Gasteiger partial charge in [0.15, 0.2) is 0 Å². The van der Waals surface area contributed by atoms with Crippen molar-refractivity contribution in [2.24, 2.45) is 0 Å². The Morgan fingerprint density at radius 2 is 1.79 bits per heavy atom. The van der Waals surface area contributed by atoms with Gasteiger partial charge in [-0.15, -0.1) is 0 Å². The first-order chi connectivity index (χ1) is 13.3. The molecule has 0 spiro atoms. The van der Waals surface area contributed by atoms with Crippen LogP contribution < -0.4 is 5.32 Å². The number of aryl methyl sites for hydroxylation is 2. The largest absolute Gasteiger partial charge is 0.481 e. The van der Waals surface area contributed by atoms with Crippen LogP contribution in [0.5, 0.6) is 0 Å². The van der Waals surface area contributed by atoms with Crippen LogP contribution in [0.1, 0.15) is 27.2 Å². The Labute approximate surface area is 162 Å². The Balaban J connectivity index is 1.61. The second-order valence-corrected chi connectivity index (χ2v) is 6.87. The average molecular weight is 385 g/mol. The highest BCUT2D eigenvalue weighted by Crippen LogP contribution is 2.21. The summed E-state index contributed by atoms with van der Waals surface area (Å²) in [6.45, 7) is 5.21. The van der Waals surface area contributed by atoms with Crippen molar-refractivity contribution in [3.05, 3.63) is 53.0 Å². The lowest BCUT2D eigenvalue weighted by Gasteiger charge is -2.34. The van der Waals surface area contributed by atoms with Crippen molar-refractivity contribution < 1.29 is 23.9 Å². The van der Waals surface area contributed by atoms with Crippen molar-refractivity contribution in [2.45, 2.75) is 20.3 Å². The van der Waals surface area contributed by atoms with Crippen LogP contribution in [0.4, 0.5) is 10.5 Å². The van der Waals surface area contributed by atoms with Gasteiger partial charge in [0.1, 0.15) is 12.2 Å². The number of furan rings is 1. The summed E-state index contributed by atoms with van der Waals surface area (Å²) in [5.41, 5.74) is 2.71. The number of carbonyl (C=O) groups excluding carboxylic acids is 2. The van der Waals surface area contributed by atoms with E-state index in [2.05, 4.69) is 5.32 Å². The predicted octanol–water partition coefficient (Wildman–Crippen LogP) is 2.51. The number of benzene rings is 1. The molecule has 8 heteroatoms. The number of aliphatic carboxylic acids is 1.